The van der Waals surface area contributed by atoms with Gasteiger partial charge in [0.15, 0.2) is 5.82 Å². The minimum absolute atomic E-state index is 0.1000. The molecule has 2 amide bonds. The number of pyridine rings is 1. The lowest BCUT2D eigenvalue weighted by Gasteiger charge is -2.41. The van der Waals surface area contributed by atoms with E-state index in [2.05, 4.69) is 25.2 Å². The van der Waals surface area contributed by atoms with Crippen molar-refractivity contribution in [2.24, 2.45) is 0 Å². The number of hydrogen-bond acceptors (Lipinski definition) is 7. The van der Waals surface area contributed by atoms with Crippen molar-refractivity contribution in [3.05, 3.63) is 78.1 Å². The Hall–Kier alpha value is -3.76. The molecule has 2 saturated heterocycles. The van der Waals surface area contributed by atoms with E-state index in [4.69, 9.17) is 0 Å². The summed E-state index contributed by atoms with van der Waals surface area (Å²) in [4.78, 5) is 42.9. The number of halogens is 1. The zero-order valence-corrected chi connectivity index (χ0v) is 22.2. The van der Waals surface area contributed by atoms with Crippen molar-refractivity contribution >= 4 is 11.8 Å². The molecular weight excluding hydrogens is 511 g/mol. The summed E-state index contributed by atoms with van der Waals surface area (Å²) in [7, 11) is 0. The Balaban J connectivity index is 1.02. The van der Waals surface area contributed by atoms with Crippen LogP contribution >= 0.6 is 0 Å². The SMILES string of the molecule is O=C(NCC(=O)N1CCC2C1CCN2C1CCC(O)(c2ccc(-c3ncccn3)cn2)CC1)c1cccc(F)c1. The van der Waals surface area contributed by atoms with E-state index < -0.39 is 17.3 Å². The maximum absolute atomic E-state index is 13.4. The first-order valence-corrected chi connectivity index (χ1v) is 14.0. The van der Waals surface area contributed by atoms with Crippen LogP contribution in [0.4, 0.5) is 4.39 Å². The van der Waals surface area contributed by atoms with Crippen molar-refractivity contribution < 1.29 is 19.1 Å². The molecule has 1 aliphatic carbocycles. The summed E-state index contributed by atoms with van der Waals surface area (Å²) in [6.45, 7) is 1.48. The Morgan fingerprint density at radius 2 is 1.75 bits per heavy atom. The molecule has 3 aliphatic rings. The van der Waals surface area contributed by atoms with E-state index in [0.717, 1.165) is 43.9 Å². The number of hydrogen-bond donors (Lipinski definition) is 2. The second-order valence-electron chi connectivity index (χ2n) is 11.0. The smallest absolute Gasteiger partial charge is 0.251 e. The second-order valence-corrected chi connectivity index (χ2v) is 11.0. The molecule has 2 aromatic heterocycles. The van der Waals surface area contributed by atoms with Crippen LogP contribution in [0.15, 0.2) is 61.1 Å². The summed E-state index contributed by atoms with van der Waals surface area (Å²) in [5.74, 6) is -0.434. The third-order valence-electron chi connectivity index (χ3n) is 8.74. The van der Waals surface area contributed by atoms with Crippen molar-refractivity contribution in [2.75, 3.05) is 19.6 Å². The van der Waals surface area contributed by atoms with Crippen molar-refractivity contribution in [1.82, 2.24) is 30.1 Å². The molecule has 2 N–H and O–H groups in total. The van der Waals surface area contributed by atoms with Gasteiger partial charge in [-0.2, -0.15) is 0 Å². The highest BCUT2D eigenvalue weighted by molar-refractivity contribution is 5.96. The standard InChI is InChI=1S/C30H33FN6O3/c31-22-4-1-3-20(17-22)29(39)35-19-27(38)37-16-10-24-25(37)9-15-36(24)23-7-11-30(40,12-8-23)26-6-5-21(18-34-26)28-32-13-2-14-33-28/h1-6,13-14,17-18,23-25,40H,7-12,15-16,19H2,(H,35,39). The Kier molecular flexibility index (Phi) is 7.29. The number of carbonyl (C=O) groups excluding carboxylic acids is 2. The Labute approximate surface area is 232 Å². The van der Waals surface area contributed by atoms with Gasteiger partial charge in [-0.1, -0.05) is 6.07 Å². The molecule has 2 unspecified atom stereocenters. The van der Waals surface area contributed by atoms with Gasteiger partial charge in [0, 0.05) is 60.9 Å². The molecule has 9 nitrogen and oxygen atoms in total. The number of nitrogens with zero attached hydrogens (tertiary/aromatic N) is 5. The normalized spacial score (nSPS) is 26.4. The van der Waals surface area contributed by atoms with Crippen LogP contribution in [-0.2, 0) is 10.4 Å². The number of benzene rings is 1. The van der Waals surface area contributed by atoms with Crippen molar-refractivity contribution in [1.29, 1.82) is 0 Å². The van der Waals surface area contributed by atoms with E-state index in [-0.39, 0.29) is 24.1 Å². The minimum atomic E-state index is -0.955. The van der Waals surface area contributed by atoms with Gasteiger partial charge in [0.1, 0.15) is 11.4 Å². The fourth-order valence-corrected chi connectivity index (χ4v) is 6.69. The van der Waals surface area contributed by atoms with Gasteiger partial charge in [0.25, 0.3) is 5.91 Å². The number of carbonyl (C=O) groups is 2. The molecule has 3 aromatic rings. The van der Waals surface area contributed by atoms with E-state index >= 15 is 0 Å². The first kappa shape index (κ1) is 26.5. The van der Waals surface area contributed by atoms with Crippen molar-refractivity contribution in [3.63, 3.8) is 0 Å². The number of aliphatic hydroxyl groups is 1. The average Bonchev–Trinajstić information content (AvgIpc) is 3.60. The van der Waals surface area contributed by atoms with Crippen LogP contribution in [-0.4, -0.2) is 79.4 Å². The predicted molar refractivity (Wildman–Crippen MR) is 145 cm³/mol. The summed E-state index contributed by atoms with van der Waals surface area (Å²) in [5, 5.41) is 14.1. The molecule has 40 heavy (non-hydrogen) atoms. The summed E-state index contributed by atoms with van der Waals surface area (Å²) in [6, 6.07) is 11.8. The van der Waals surface area contributed by atoms with Gasteiger partial charge in [-0.15, -0.1) is 0 Å². The molecule has 2 atom stereocenters. The highest BCUT2D eigenvalue weighted by Gasteiger charge is 2.48. The molecule has 208 valence electrons. The Morgan fingerprint density at radius 1 is 0.975 bits per heavy atom. The van der Waals surface area contributed by atoms with E-state index in [9.17, 15) is 19.1 Å². The van der Waals surface area contributed by atoms with Gasteiger partial charge < -0.3 is 15.3 Å². The van der Waals surface area contributed by atoms with Gasteiger partial charge in [0.05, 0.1) is 12.2 Å². The number of amides is 2. The maximum atomic E-state index is 13.4. The molecular formula is C30H33FN6O3. The highest BCUT2D eigenvalue weighted by Crippen LogP contribution is 2.42. The summed E-state index contributed by atoms with van der Waals surface area (Å²) >= 11 is 0. The number of aromatic nitrogens is 3. The second kappa shape index (κ2) is 11.0. The van der Waals surface area contributed by atoms with Crippen LogP contribution in [0.25, 0.3) is 11.4 Å². The zero-order valence-electron chi connectivity index (χ0n) is 22.2. The van der Waals surface area contributed by atoms with E-state index in [1.807, 2.05) is 17.0 Å². The minimum Gasteiger partial charge on any atom is -0.384 e. The Bertz CT molecular complexity index is 1360. The predicted octanol–water partition coefficient (Wildman–Crippen LogP) is 2.91. The maximum Gasteiger partial charge on any atom is 0.251 e. The third kappa shape index (κ3) is 5.21. The lowest BCUT2D eigenvalue weighted by atomic mass is 9.79. The number of nitrogens with one attached hydrogen (secondary N) is 1. The quantitative estimate of drug-likeness (QED) is 0.491. The first-order chi connectivity index (χ1) is 19.4. The van der Waals surface area contributed by atoms with Crippen LogP contribution in [0.5, 0.6) is 0 Å². The molecule has 0 spiro atoms. The summed E-state index contributed by atoms with van der Waals surface area (Å²) < 4.78 is 13.4. The molecule has 4 heterocycles. The van der Waals surface area contributed by atoms with E-state index in [1.165, 1.54) is 18.2 Å². The van der Waals surface area contributed by atoms with Crippen LogP contribution < -0.4 is 5.32 Å². The molecule has 10 heteroatoms. The van der Waals surface area contributed by atoms with Gasteiger partial charge >= 0.3 is 0 Å². The molecule has 2 aliphatic heterocycles. The van der Waals surface area contributed by atoms with E-state index in [0.29, 0.717) is 43.0 Å². The van der Waals surface area contributed by atoms with Crippen LogP contribution in [0.1, 0.15) is 54.6 Å². The lowest BCUT2D eigenvalue weighted by Crippen LogP contribution is -2.47. The highest BCUT2D eigenvalue weighted by atomic mass is 19.1. The number of likely N-dealkylation sites (tertiary alicyclic amines) is 2. The summed E-state index contributed by atoms with van der Waals surface area (Å²) in [6.07, 6.45) is 9.92. The monoisotopic (exact) mass is 544 g/mol. The lowest BCUT2D eigenvalue weighted by molar-refractivity contribution is -0.130. The number of fused-ring (bicyclic) bond motifs is 1. The molecule has 0 bridgehead atoms. The van der Waals surface area contributed by atoms with Crippen molar-refractivity contribution in [2.45, 2.75) is 62.3 Å². The molecule has 3 fully saturated rings. The largest absolute Gasteiger partial charge is 0.384 e. The molecule has 1 aromatic carbocycles. The third-order valence-corrected chi connectivity index (χ3v) is 8.74. The molecule has 1 saturated carbocycles. The first-order valence-electron chi connectivity index (χ1n) is 14.0. The van der Waals surface area contributed by atoms with Gasteiger partial charge in [-0.3, -0.25) is 19.5 Å². The topological polar surface area (TPSA) is 112 Å². The fraction of sp³-hybridized carbons (Fsp3) is 0.433. The summed E-state index contributed by atoms with van der Waals surface area (Å²) in [5.41, 5.74) is 0.748. The fourth-order valence-electron chi connectivity index (χ4n) is 6.69. The van der Waals surface area contributed by atoms with Crippen LogP contribution in [0.2, 0.25) is 0 Å². The number of rotatable bonds is 6. The molecule has 0 radical (unpaired) electrons. The van der Waals surface area contributed by atoms with E-state index in [1.54, 1.807) is 24.7 Å². The van der Waals surface area contributed by atoms with Crippen LogP contribution in [0, 0.1) is 5.82 Å². The van der Waals surface area contributed by atoms with Gasteiger partial charge in [0.2, 0.25) is 5.91 Å². The molecule has 6 rings (SSSR count). The average molecular weight is 545 g/mol. The zero-order chi connectivity index (χ0) is 27.7. The van der Waals surface area contributed by atoms with Gasteiger partial charge in [-0.25, -0.2) is 14.4 Å². The van der Waals surface area contributed by atoms with Crippen molar-refractivity contribution in [3.8, 4) is 11.4 Å². The van der Waals surface area contributed by atoms with Gasteiger partial charge in [-0.05, 0) is 74.9 Å². The Morgan fingerprint density at radius 3 is 2.48 bits per heavy atom. The van der Waals surface area contributed by atoms with Crippen LogP contribution in [0.3, 0.4) is 0 Å².